The van der Waals surface area contributed by atoms with Gasteiger partial charge in [-0.25, -0.2) is 4.79 Å². The number of carboxylic acid groups (broad SMARTS) is 1. The van der Waals surface area contributed by atoms with Gasteiger partial charge in [-0.2, -0.15) is 0 Å². The highest BCUT2D eigenvalue weighted by Gasteiger charge is 2.19. The molecule has 1 rings (SSSR count). The average Bonchev–Trinajstić information content (AvgIpc) is 2.43. The molecular weight excluding hydrogens is 256 g/mol. The lowest BCUT2D eigenvalue weighted by atomic mass is 9.82. The zero-order chi connectivity index (χ0) is 15.2. The van der Waals surface area contributed by atoms with E-state index in [9.17, 15) is 4.79 Å². The maximum atomic E-state index is 10.9. The average molecular weight is 280 g/mol. The van der Waals surface area contributed by atoms with Crippen LogP contribution < -0.4 is 4.74 Å². The van der Waals surface area contributed by atoms with Gasteiger partial charge in [0.15, 0.2) is 6.10 Å². The largest absolute Gasteiger partial charge is 0.490 e. The van der Waals surface area contributed by atoms with E-state index in [1.807, 2.05) is 24.3 Å². The van der Waals surface area contributed by atoms with Crippen LogP contribution in [-0.2, 0) is 14.9 Å². The number of rotatable bonds is 8. The van der Waals surface area contributed by atoms with Crippen molar-refractivity contribution in [1.82, 2.24) is 0 Å². The first-order valence-electron chi connectivity index (χ1n) is 6.98. The van der Waals surface area contributed by atoms with Crippen molar-refractivity contribution in [1.29, 1.82) is 0 Å². The third-order valence-corrected chi connectivity index (χ3v) is 3.56. The minimum Gasteiger partial charge on any atom is -0.490 e. The van der Waals surface area contributed by atoms with Crippen LogP contribution in [0, 0.1) is 0 Å². The van der Waals surface area contributed by atoms with Crippen LogP contribution in [0.2, 0.25) is 0 Å². The number of benzene rings is 1. The van der Waals surface area contributed by atoms with E-state index in [-0.39, 0.29) is 12.0 Å². The predicted octanol–water partition coefficient (Wildman–Crippen LogP) is 3.24. The second kappa shape index (κ2) is 7.29. The first-order chi connectivity index (χ1) is 9.40. The van der Waals surface area contributed by atoms with Gasteiger partial charge in [-0.1, -0.05) is 32.9 Å². The fourth-order valence-corrected chi connectivity index (χ4v) is 1.77. The Hall–Kier alpha value is -1.55. The minimum absolute atomic E-state index is 0.0136. The lowest BCUT2D eigenvalue weighted by Crippen LogP contribution is -2.30. The van der Waals surface area contributed by atoms with Gasteiger partial charge in [0.25, 0.3) is 0 Å². The lowest BCUT2D eigenvalue weighted by Gasteiger charge is -2.23. The standard InChI is InChI=1S/C16H24O4/c1-5-16(3,4)12-7-9-13(10-8-12)20-11-14(15(17)18)19-6-2/h7-10,14H,5-6,11H2,1-4H3,(H,17,18). The molecule has 1 N–H and O–H groups in total. The zero-order valence-corrected chi connectivity index (χ0v) is 12.7. The monoisotopic (exact) mass is 280 g/mol. The van der Waals surface area contributed by atoms with Gasteiger partial charge in [0, 0.05) is 6.61 Å². The summed E-state index contributed by atoms with van der Waals surface area (Å²) in [5, 5.41) is 8.96. The summed E-state index contributed by atoms with van der Waals surface area (Å²) in [6.45, 7) is 8.67. The molecule has 1 unspecified atom stereocenters. The third kappa shape index (κ3) is 4.53. The van der Waals surface area contributed by atoms with Crippen LogP contribution in [0.15, 0.2) is 24.3 Å². The number of hydrogen-bond donors (Lipinski definition) is 1. The molecule has 0 radical (unpaired) electrons. The van der Waals surface area contributed by atoms with Crippen LogP contribution in [0.1, 0.15) is 39.7 Å². The Morgan fingerprint density at radius 1 is 1.25 bits per heavy atom. The SMILES string of the molecule is CCOC(COc1ccc(C(C)(C)CC)cc1)C(=O)O. The summed E-state index contributed by atoms with van der Waals surface area (Å²) >= 11 is 0. The van der Waals surface area contributed by atoms with Gasteiger partial charge in [-0.3, -0.25) is 0 Å². The van der Waals surface area contributed by atoms with E-state index < -0.39 is 12.1 Å². The van der Waals surface area contributed by atoms with Crippen molar-refractivity contribution in [2.45, 2.75) is 45.6 Å². The smallest absolute Gasteiger partial charge is 0.336 e. The highest BCUT2D eigenvalue weighted by molar-refractivity contribution is 5.72. The maximum Gasteiger partial charge on any atom is 0.336 e. The van der Waals surface area contributed by atoms with E-state index in [0.29, 0.717) is 12.4 Å². The first kappa shape index (κ1) is 16.5. The molecule has 0 heterocycles. The molecule has 4 nitrogen and oxygen atoms in total. The van der Waals surface area contributed by atoms with Crippen LogP contribution in [0.3, 0.4) is 0 Å². The van der Waals surface area contributed by atoms with Gasteiger partial charge in [-0.15, -0.1) is 0 Å². The van der Waals surface area contributed by atoms with E-state index in [2.05, 4.69) is 20.8 Å². The Kier molecular flexibility index (Phi) is 6.02. The molecule has 1 aromatic rings. The Morgan fingerprint density at radius 3 is 2.30 bits per heavy atom. The van der Waals surface area contributed by atoms with Crippen molar-refractivity contribution in [3.8, 4) is 5.75 Å². The summed E-state index contributed by atoms with van der Waals surface area (Å²) in [7, 11) is 0. The van der Waals surface area contributed by atoms with Crippen molar-refractivity contribution >= 4 is 5.97 Å². The molecule has 0 aliphatic rings. The Balaban J connectivity index is 2.64. The van der Waals surface area contributed by atoms with Gasteiger partial charge < -0.3 is 14.6 Å². The highest BCUT2D eigenvalue weighted by atomic mass is 16.5. The number of aliphatic carboxylic acids is 1. The van der Waals surface area contributed by atoms with Gasteiger partial charge in [0.05, 0.1) is 0 Å². The molecule has 0 saturated carbocycles. The highest BCUT2D eigenvalue weighted by Crippen LogP contribution is 2.28. The Bertz CT molecular complexity index is 423. The van der Waals surface area contributed by atoms with E-state index in [0.717, 1.165) is 6.42 Å². The van der Waals surface area contributed by atoms with Crippen molar-refractivity contribution < 1.29 is 19.4 Å². The number of ether oxygens (including phenoxy) is 2. The van der Waals surface area contributed by atoms with Crippen molar-refractivity contribution in [3.63, 3.8) is 0 Å². The van der Waals surface area contributed by atoms with Gasteiger partial charge in [-0.05, 0) is 36.5 Å². The van der Waals surface area contributed by atoms with E-state index >= 15 is 0 Å². The van der Waals surface area contributed by atoms with Crippen LogP contribution in [0.5, 0.6) is 5.75 Å². The molecule has 0 spiro atoms. The van der Waals surface area contributed by atoms with Gasteiger partial charge in [0.1, 0.15) is 12.4 Å². The zero-order valence-electron chi connectivity index (χ0n) is 12.7. The molecule has 0 fully saturated rings. The van der Waals surface area contributed by atoms with Gasteiger partial charge >= 0.3 is 5.97 Å². The predicted molar refractivity (Wildman–Crippen MR) is 78.3 cm³/mol. The van der Waals surface area contributed by atoms with E-state index in [1.54, 1.807) is 6.92 Å². The quantitative estimate of drug-likeness (QED) is 0.794. The van der Waals surface area contributed by atoms with Crippen LogP contribution in [0.4, 0.5) is 0 Å². The lowest BCUT2D eigenvalue weighted by molar-refractivity contribution is -0.152. The Morgan fingerprint density at radius 2 is 1.85 bits per heavy atom. The van der Waals surface area contributed by atoms with E-state index in [4.69, 9.17) is 14.6 Å². The van der Waals surface area contributed by atoms with Crippen molar-refractivity contribution in [2.75, 3.05) is 13.2 Å². The summed E-state index contributed by atoms with van der Waals surface area (Å²) in [6, 6.07) is 7.79. The molecule has 112 valence electrons. The number of carbonyl (C=O) groups is 1. The number of hydrogen-bond acceptors (Lipinski definition) is 3. The minimum atomic E-state index is -1.00. The maximum absolute atomic E-state index is 10.9. The van der Waals surface area contributed by atoms with Crippen molar-refractivity contribution in [2.24, 2.45) is 0 Å². The summed E-state index contributed by atoms with van der Waals surface area (Å²) in [5.74, 6) is -0.345. The molecular formula is C16H24O4. The molecule has 0 aliphatic heterocycles. The van der Waals surface area contributed by atoms with Crippen LogP contribution in [0.25, 0.3) is 0 Å². The van der Waals surface area contributed by atoms with E-state index in [1.165, 1.54) is 5.56 Å². The topological polar surface area (TPSA) is 55.8 Å². The molecule has 1 aromatic carbocycles. The normalized spacial score (nSPS) is 13.0. The molecule has 20 heavy (non-hydrogen) atoms. The molecule has 4 heteroatoms. The molecule has 0 saturated heterocycles. The fraction of sp³-hybridized carbons (Fsp3) is 0.562. The van der Waals surface area contributed by atoms with Crippen LogP contribution in [-0.4, -0.2) is 30.4 Å². The van der Waals surface area contributed by atoms with Crippen molar-refractivity contribution in [3.05, 3.63) is 29.8 Å². The van der Waals surface area contributed by atoms with Crippen LogP contribution >= 0.6 is 0 Å². The molecule has 1 atom stereocenters. The summed E-state index contributed by atoms with van der Waals surface area (Å²) in [4.78, 5) is 10.9. The molecule has 0 bridgehead atoms. The molecule has 0 aliphatic carbocycles. The first-order valence-corrected chi connectivity index (χ1v) is 6.98. The second-order valence-electron chi connectivity index (χ2n) is 5.36. The molecule has 0 amide bonds. The van der Waals surface area contributed by atoms with Gasteiger partial charge in [0.2, 0.25) is 0 Å². The fourth-order valence-electron chi connectivity index (χ4n) is 1.77. The Labute approximate surface area is 120 Å². The summed E-state index contributed by atoms with van der Waals surface area (Å²) in [5.41, 5.74) is 1.37. The third-order valence-electron chi connectivity index (χ3n) is 3.56. The summed E-state index contributed by atoms with van der Waals surface area (Å²) < 4.78 is 10.6. The summed E-state index contributed by atoms with van der Waals surface area (Å²) in [6.07, 6.45) is 0.130. The number of carboxylic acids is 1. The molecule has 0 aromatic heterocycles. The second-order valence-corrected chi connectivity index (χ2v) is 5.36.